The van der Waals surface area contributed by atoms with Gasteiger partial charge in [-0.25, -0.2) is 0 Å². The van der Waals surface area contributed by atoms with E-state index in [0.717, 1.165) is 13.2 Å². The van der Waals surface area contributed by atoms with E-state index in [0.29, 0.717) is 0 Å². The fraction of sp³-hybridized carbons (Fsp3) is 0.750. The van der Waals surface area contributed by atoms with Crippen molar-refractivity contribution >= 4 is 0 Å². The molecule has 0 bridgehead atoms. The summed E-state index contributed by atoms with van der Waals surface area (Å²) in [5, 5.41) is 0. The molecule has 0 aromatic rings. The quantitative estimate of drug-likeness (QED) is 0.455. The van der Waals surface area contributed by atoms with Crippen molar-refractivity contribution in [3.63, 3.8) is 0 Å². The predicted molar refractivity (Wildman–Crippen MR) is 40.5 cm³/mol. The summed E-state index contributed by atoms with van der Waals surface area (Å²) in [7, 11) is 0. The first-order valence-corrected chi connectivity index (χ1v) is 3.57. The molecule has 0 spiro atoms. The lowest BCUT2D eigenvalue weighted by Crippen LogP contribution is -1.74. The first-order chi connectivity index (χ1) is 4.41. The third-order valence-electron chi connectivity index (χ3n) is 1.16. The molecule has 1 saturated heterocycles. The van der Waals surface area contributed by atoms with Crippen LogP contribution >= 0.6 is 0 Å². The van der Waals surface area contributed by atoms with E-state index in [9.17, 15) is 0 Å². The van der Waals surface area contributed by atoms with Crippen LogP contribution in [0.3, 0.4) is 0 Å². The molecule has 9 heavy (non-hydrogen) atoms. The van der Waals surface area contributed by atoms with Crippen molar-refractivity contribution in [1.29, 1.82) is 0 Å². The molecular weight excluding hydrogens is 112 g/mol. The van der Waals surface area contributed by atoms with E-state index in [1.807, 2.05) is 26.0 Å². The fourth-order valence-corrected chi connectivity index (χ4v) is 0.510. The van der Waals surface area contributed by atoms with Crippen molar-refractivity contribution in [3.8, 4) is 0 Å². The predicted octanol–water partition coefficient (Wildman–Crippen LogP) is 2.38. The topological polar surface area (TPSA) is 9.23 Å². The monoisotopic (exact) mass is 128 g/mol. The Morgan fingerprint density at radius 1 is 1.00 bits per heavy atom. The van der Waals surface area contributed by atoms with Gasteiger partial charge in [-0.1, -0.05) is 12.2 Å². The summed E-state index contributed by atoms with van der Waals surface area (Å²) in [5.41, 5.74) is 0. The minimum atomic E-state index is 1.00. The van der Waals surface area contributed by atoms with E-state index in [1.54, 1.807) is 0 Å². The van der Waals surface area contributed by atoms with Crippen LogP contribution in [-0.2, 0) is 4.74 Å². The Morgan fingerprint density at radius 2 is 1.44 bits per heavy atom. The Morgan fingerprint density at radius 3 is 1.56 bits per heavy atom. The highest BCUT2D eigenvalue weighted by Gasteiger charge is 1.94. The molecule has 1 nitrogen and oxygen atoms in total. The SMILES string of the molecule is C1CCOC1.CC=CC. The number of ether oxygens (including phenoxy) is 1. The van der Waals surface area contributed by atoms with Crippen LogP contribution in [0, 0.1) is 0 Å². The molecule has 0 radical (unpaired) electrons. The van der Waals surface area contributed by atoms with E-state index in [2.05, 4.69) is 0 Å². The molecule has 0 N–H and O–H groups in total. The van der Waals surface area contributed by atoms with Crippen LogP contribution in [-0.4, -0.2) is 13.2 Å². The molecular formula is C8H16O. The Labute approximate surface area is 57.7 Å². The van der Waals surface area contributed by atoms with Crippen molar-refractivity contribution in [1.82, 2.24) is 0 Å². The molecule has 0 aromatic carbocycles. The van der Waals surface area contributed by atoms with Crippen molar-refractivity contribution in [3.05, 3.63) is 12.2 Å². The molecule has 0 amide bonds. The van der Waals surface area contributed by atoms with Crippen LogP contribution in [0.4, 0.5) is 0 Å². The van der Waals surface area contributed by atoms with Crippen molar-refractivity contribution in [2.24, 2.45) is 0 Å². The Bertz CT molecular complexity index is 51.4. The summed E-state index contributed by atoms with van der Waals surface area (Å²) in [5.74, 6) is 0. The summed E-state index contributed by atoms with van der Waals surface area (Å²) in [6.07, 6.45) is 6.56. The molecule has 0 unspecified atom stereocenters. The van der Waals surface area contributed by atoms with Crippen LogP contribution in [0.2, 0.25) is 0 Å². The smallest absolute Gasteiger partial charge is 0.0466 e. The molecule has 1 heteroatoms. The van der Waals surface area contributed by atoms with Crippen molar-refractivity contribution < 1.29 is 4.74 Å². The third kappa shape index (κ3) is 7.70. The average Bonchev–Trinajstić information content (AvgIpc) is 2.43. The highest BCUT2D eigenvalue weighted by atomic mass is 16.5. The van der Waals surface area contributed by atoms with Crippen LogP contribution in [0.25, 0.3) is 0 Å². The van der Waals surface area contributed by atoms with Gasteiger partial charge in [-0.15, -0.1) is 0 Å². The Balaban J connectivity index is 0.000000148. The maximum Gasteiger partial charge on any atom is 0.0466 e. The average molecular weight is 128 g/mol. The van der Waals surface area contributed by atoms with E-state index in [1.165, 1.54) is 12.8 Å². The molecule has 1 fully saturated rings. The van der Waals surface area contributed by atoms with Gasteiger partial charge in [-0.2, -0.15) is 0 Å². The van der Waals surface area contributed by atoms with Crippen molar-refractivity contribution in [2.45, 2.75) is 26.7 Å². The lowest BCUT2D eigenvalue weighted by molar-refractivity contribution is 0.198. The van der Waals surface area contributed by atoms with Gasteiger partial charge < -0.3 is 4.74 Å². The van der Waals surface area contributed by atoms with Crippen LogP contribution in [0.5, 0.6) is 0 Å². The first kappa shape index (κ1) is 8.70. The number of allylic oxidation sites excluding steroid dienone is 2. The zero-order valence-electron chi connectivity index (χ0n) is 6.39. The van der Waals surface area contributed by atoms with Gasteiger partial charge in [0.2, 0.25) is 0 Å². The Hall–Kier alpha value is -0.300. The summed E-state index contributed by atoms with van der Waals surface area (Å²) in [4.78, 5) is 0. The van der Waals surface area contributed by atoms with Gasteiger partial charge in [0, 0.05) is 13.2 Å². The van der Waals surface area contributed by atoms with Crippen molar-refractivity contribution in [2.75, 3.05) is 13.2 Å². The summed E-state index contributed by atoms with van der Waals surface area (Å²) in [6, 6.07) is 0. The molecule has 0 atom stereocenters. The number of hydrogen-bond acceptors (Lipinski definition) is 1. The van der Waals surface area contributed by atoms with Gasteiger partial charge in [-0.3, -0.25) is 0 Å². The zero-order chi connectivity index (χ0) is 6.95. The molecule has 1 aliphatic rings. The maximum absolute atomic E-state index is 4.94. The normalized spacial score (nSPS) is 17.6. The molecule has 0 aliphatic carbocycles. The highest BCUT2D eigenvalue weighted by Crippen LogP contribution is 1.98. The first-order valence-electron chi connectivity index (χ1n) is 3.57. The van der Waals surface area contributed by atoms with E-state index >= 15 is 0 Å². The second-order valence-electron chi connectivity index (χ2n) is 1.99. The van der Waals surface area contributed by atoms with Gasteiger partial charge in [0.05, 0.1) is 0 Å². The zero-order valence-corrected chi connectivity index (χ0v) is 6.39. The second-order valence-corrected chi connectivity index (χ2v) is 1.99. The molecule has 54 valence electrons. The van der Waals surface area contributed by atoms with Gasteiger partial charge >= 0.3 is 0 Å². The molecule has 0 aromatic heterocycles. The van der Waals surface area contributed by atoms with Crippen LogP contribution in [0.15, 0.2) is 12.2 Å². The largest absolute Gasteiger partial charge is 0.381 e. The highest BCUT2D eigenvalue weighted by molar-refractivity contribution is 4.68. The minimum Gasteiger partial charge on any atom is -0.381 e. The lowest BCUT2D eigenvalue weighted by Gasteiger charge is -1.76. The minimum absolute atomic E-state index is 1.00. The second kappa shape index (κ2) is 7.70. The Kier molecular flexibility index (Phi) is 7.44. The third-order valence-corrected chi connectivity index (χ3v) is 1.16. The van der Waals surface area contributed by atoms with Crippen LogP contribution in [0.1, 0.15) is 26.7 Å². The summed E-state index contributed by atoms with van der Waals surface area (Å²) >= 11 is 0. The molecule has 0 saturated carbocycles. The maximum atomic E-state index is 4.94. The lowest BCUT2D eigenvalue weighted by atomic mass is 10.4. The van der Waals surface area contributed by atoms with E-state index in [4.69, 9.17) is 4.74 Å². The van der Waals surface area contributed by atoms with E-state index in [-0.39, 0.29) is 0 Å². The number of hydrogen-bond donors (Lipinski definition) is 0. The standard InChI is InChI=1S/C4H8O.C4H8/c1-2-4-5-3-1;1-3-4-2/h1-4H2;3-4H,1-2H3. The fourth-order valence-electron chi connectivity index (χ4n) is 0.510. The molecule has 1 aliphatic heterocycles. The van der Waals surface area contributed by atoms with Crippen LogP contribution < -0.4 is 0 Å². The van der Waals surface area contributed by atoms with Gasteiger partial charge in [0.25, 0.3) is 0 Å². The van der Waals surface area contributed by atoms with E-state index < -0.39 is 0 Å². The summed E-state index contributed by atoms with van der Waals surface area (Å²) < 4.78 is 4.94. The van der Waals surface area contributed by atoms with Gasteiger partial charge in [0.1, 0.15) is 0 Å². The molecule has 1 rings (SSSR count). The number of rotatable bonds is 0. The molecule has 1 heterocycles. The van der Waals surface area contributed by atoms with Gasteiger partial charge in [0.15, 0.2) is 0 Å². The summed E-state index contributed by atoms with van der Waals surface area (Å²) in [6.45, 7) is 6.00. The van der Waals surface area contributed by atoms with Gasteiger partial charge in [-0.05, 0) is 26.7 Å².